The molecular formula is C10H16O3. The highest BCUT2D eigenvalue weighted by atomic mass is 16.4. The third-order valence-corrected chi connectivity index (χ3v) is 2.78. The Kier molecular flexibility index (Phi) is 2.74. The van der Waals surface area contributed by atoms with E-state index in [1.807, 2.05) is 0 Å². The van der Waals surface area contributed by atoms with Gasteiger partial charge in [-0.2, -0.15) is 0 Å². The molecule has 0 saturated heterocycles. The SMILES string of the molecule is CC1(C)CCC(CC(=O)C(=O)O)C1. The largest absolute Gasteiger partial charge is 0.476 e. The van der Waals surface area contributed by atoms with E-state index in [2.05, 4.69) is 13.8 Å². The van der Waals surface area contributed by atoms with Crippen LogP contribution in [0.25, 0.3) is 0 Å². The number of hydrogen-bond acceptors (Lipinski definition) is 2. The molecule has 0 aromatic carbocycles. The zero-order valence-electron chi connectivity index (χ0n) is 8.17. The van der Waals surface area contributed by atoms with Crippen LogP contribution in [0.1, 0.15) is 39.5 Å². The molecule has 0 heterocycles. The quantitative estimate of drug-likeness (QED) is 0.681. The summed E-state index contributed by atoms with van der Waals surface area (Å²) >= 11 is 0. The molecule has 1 aliphatic rings. The summed E-state index contributed by atoms with van der Waals surface area (Å²) in [5.74, 6) is -1.63. The van der Waals surface area contributed by atoms with Crippen LogP contribution in [0.2, 0.25) is 0 Å². The zero-order chi connectivity index (χ0) is 10.1. The maximum absolute atomic E-state index is 10.9. The van der Waals surface area contributed by atoms with E-state index in [9.17, 15) is 9.59 Å². The summed E-state index contributed by atoms with van der Waals surface area (Å²) < 4.78 is 0. The fourth-order valence-electron chi connectivity index (χ4n) is 2.10. The minimum Gasteiger partial charge on any atom is -0.476 e. The molecule has 0 aliphatic heterocycles. The molecule has 1 unspecified atom stereocenters. The van der Waals surface area contributed by atoms with E-state index >= 15 is 0 Å². The van der Waals surface area contributed by atoms with Crippen LogP contribution in [0.15, 0.2) is 0 Å². The first kappa shape index (κ1) is 10.2. The van der Waals surface area contributed by atoms with Crippen molar-refractivity contribution in [3.63, 3.8) is 0 Å². The van der Waals surface area contributed by atoms with Gasteiger partial charge in [0.2, 0.25) is 5.78 Å². The molecule has 13 heavy (non-hydrogen) atoms. The molecule has 1 rings (SSSR count). The van der Waals surface area contributed by atoms with Crippen molar-refractivity contribution >= 4 is 11.8 Å². The average molecular weight is 184 g/mol. The second kappa shape index (κ2) is 3.48. The zero-order valence-corrected chi connectivity index (χ0v) is 8.17. The lowest BCUT2D eigenvalue weighted by Gasteiger charge is -2.16. The van der Waals surface area contributed by atoms with Crippen LogP contribution in [0.4, 0.5) is 0 Å². The van der Waals surface area contributed by atoms with Crippen LogP contribution >= 0.6 is 0 Å². The van der Waals surface area contributed by atoms with Crippen molar-refractivity contribution in [3.05, 3.63) is 0 Å². The van der Waals surface area contributed by atoms with E-state index < -0.39 is 11.8 Å². The van der Waals surface area contributed by atoms with Gasteiger partial charge in [0.1, 0.15) is 0 Å². The van der Waals surface area contributed by atoms with Crippen molar-refractivity contribution in [2.24, 2.45) is 11.3 Å². The highest BCUT2D eigenvalue weighted by Gasteiger charge is 2.32. The van der Waals surface area contributed by atoms with Gasteiger partial charge in [-0.3, -0.25) is 4.79 Å². The molecule has 1 atom stereocenters. The summed E-state index contributed by atoms with van der Waals surface area (Å²) in [5, 5.41) is 8.42. The van der Waals surface area contributed by atoms with Crippen molar-refractivity contribution in [3.8, 4) is 0 Å². The van der Waals surface area contributed by atoms with Crippen molar-refractivity contribution in [1.82, 2.24) is 0 Å². The van der Waals surface area contributed by atoms with E-state index in [0.717, 1.165) is 19.3 Å². The van der Waals surface area contributed by atoms with Gasteiger partial charge in [-0.1, -0.05) is 13.8 Å². The maximum atomic E-state index is 10.9. The van der Waals surface area contributed by atoms with Gasteiger partial charge in [0, 0.05) is 6.42 Å². The predicted octanol–water partition coefficient (Wildman–Crippen LogP) is 1.86. The summed E-state index contributed by atoms with van der Waals surface area (Å²) in [6.07, 6.45) is 3.29. The summed E-state index contributed by atoms with van der Waals surface area (Å²) in [4.78, 5) is 21.2. The monoisotopic (exact) mass is 184 g/mol. The molecule has 3 heteroatoms. The van der Waals surface area contributed by atoms with E-state index in [4.69, 9.17) is 5.11 Å². The lowest BCUT2D eigenvalue weighted by Crippen LogP contribution is -2.16. The molecule has 1 N–H and O–H groups in total. The maximum Gasteiger partial charge on any atom is 0.372 e. The Balaban J connectivity index is 2.41. The van der Waals surface area contributed by atoms with Crippen LogP contribution in [-0.2, 0) is 9.59 Å². The Morgan fingerprint density at radius 2 is 2.08 bits per heavy atom. The number of carbonyl (C=O) groups excluding carboxylic acids is 1. The van der Waals surface area contributed by atoms with Gasteiger partial charge in [0.25, 0.3) is 0 Å². The van der Waals surface area contributed by atoms with Crippen LogP contribution < -0.4 is 0 Å². The lowest BCUT2D eigenvalue weighted by atomic mass is 9.89. The first-order valence-electron chi connectivity index (χ1n) is 4.67. The van der Waals surface area contributed by atoms with Crippen LogP contribution in [-0.4, -0.2) is 16.9 Å². The fourth-order valence-corrected chi connectivity index (χ4v) is 2.10. The molecule has 74 valence electrons. The molecule has 0 aromatic heterocycles. The van der Waals surface area contributed by atoms with Crippen molar-refractivity contribution in [1.29, 1.82) is 0 Å². The molecule has 0 bridgehead atoms. The topological polar surface area (TPSA) is 54.4 Å². The number of aliphatic carboxylic acids is 1. The Labute approximate surface area is 78.1 Å². The van der Waals surface area contributed by atoms with E-state index in [1.54, 1.807) is 0 Å². The highest BCUT2D eigenvalue weighted by Crippen LogP contribution is 2.42. The summed E-state index contributed by atoms with van der Waals surface area (Å²) in [7, 11) is 0. The number of Topliss-reactive ketones (excluding diaryl/α,β-unsaturated/α-hetero) is 1. The minimum atomic E-state index is -1.29. The Morgan fingerprint density at radius 1 is 1.46 bits per heavy atom. The van der Waals surface area contributed by atoms with Gasteiger partial charge in [-0.25, -0.2) is 4.79 Å². The Hall–Kier alpha value is -0.860. The third kappa shape index (κ3) is 2.83. The van der Waals surface area contributed by atoms with E-state index in [1.165, 1.54) is 0 Å². The third-order valence-electron chi connectivity index (χ3n) is 2.78. The first-order valence-corrected chi connectivity index (χ1v) is 4.67. The molecule has 1 fully saturated rings. The second-order valence-corrected chi connectivity index (χ2v) is 4.71. The molecule has 0 spiro atoms. The van der Waals surface area contributed by atoms with E-state index in [-0.39, 0.29) is 6.42 Å². The molecule has 0 radical (unpaired) electrons. The lowest BCUT2D eigenvalue weighted by molar-refractivity contribution is -0.149. The van der Waals surface area contributed by atoms with Crippen molar-refractivity contribution < 1.29 is 14.7 Å². The molecule has 3 nitrogen and oxygen atoms in total. The van der Waals surface area contributed by atoms with Gasteiger partial charge >= 0.3 is 5.97 Å². The summed E-state index contributed by atoms with van der Waals surface area (Å²) in [6.45, 7) is 4.33. The molecule has 1 saturated carbocycles. The van der Waals surface area contributed by atoms with Gasteiger partial charge in [-0.05, 0) is 30.6 Å². The minimum absolute atomic E-state index is 0.221. The number of rotatable bonds is 3. The number of ketones is 1. The standard InChI is InChI=1S/C10H16O3/c1-10(2)4-3-7(6-10)5-8(11)9(12)13/h7H,3-6H2,1-2H3,(H,12,13). The first-order chi connectivity index (χ1) is 5.91. The summed E-state index contributed by atoms with van der Waals surface area (Å²) in [6, 6.07) is 0. The Morgan fingerprint density at radius 3 is 2.46 bits per heavy atom. The van der Waals surface area contributed by atoms with Crippen molar-refractivity contribution in [2.45, 2.75) is 39.5 Å². The second-order valence-electron chi connectivity index (χ2n) is 4.71. The van der Waals surface area contributed by atoms with Crippen LogP contribution in [0, 0.1) is 11.3 Å². The fraction of sp³-hybridized carbons (Fsp3) is 0.800. The van der Waals surface area contributed by atoms with Crippen LogP contribution in [0.5, 0.6) is 0 Å². The Bertz CT molecular complexity index is 230. The predicted molar refractivity (Wildman–Crippen MR) is 48.4 cm³/mol. The molecule has 0 amide bonds. The van der Waals surface area contributed by atoms with Gasteiger partial charge in [-0.15, -0.1) is 0 Å². The normalized spacial score (nSPS) is 25.8. The number of carboxylic acid groups (broad SMARTS) is 1. The molecule has 1 aliphatic carbocycles. The number of hydrogen-bond donors (Lipinski definition) is 1. The molecule has 0 aromatic rings. The van der Waals surface area contributed by atoms with Crippen molar-refractivity contribution in [2.75, 3.05) is 0 Å². The highest BCUT2D eigenvalue weighted by molar-refractivity contribution is 6.32. The average Bonchev–Trinajstić information content (AvgIpc) is 2.30. The smallest absolute Gasteiger partial charge is 0.372 e. The van der Waals surface area contributed by atoms with Gasteiger partial charge in [0.05, 0.1) is 0 Å². The van der Waals surface area contributed by atoms with E-state index in [0.29, 0.717) is 11.3 Å². The number of carbonyl (C=O) groups is 2. The van der Waals surface area contributed by atoms with Gasteiger partial charge in [0.15, 0.2) is 0 Å². The van der Waals surface area contributed by atoms with Gasteiger partial charge < -0.3 is 5.11 Å². The van der Waals surface area contributed by atoms with Crippen LogP contribution in [0.3, 0.4) is 0 Å². The summed E-state index contributed by atoms with van der Waals surface area (Å²) in [5.41, 5.74) is 0.295. The molecular weight excluding hydrogens is 168 g/mol. The number of carboxylic acids is 1.